The zero-order valence-electron chi connectivity index (χ0n) is 13.5. The second-order valence-corrected chi connectivity index (χ2v) is 5.52. The molecule has 6 heteroatoms. The maximum Gasteiger partial charge on any atom is 0.171 e. The lowest BCUT2D eigenvalue weighted by Crippen LogP contribution is -2.05. The molecular formula is C19H16ClF3N2. The zero-order chi connectivity index (χ0) is 18.6. The van der Waals surface area contributed by atoms with Crippen LogP contribution in [0.5, 0.6) is 0 Å². The molecule has 0 saturated carbocycles. The van der Waals surface area contributed by atoms with E-state index in [0.717, 1.165) is 17.2 Å². The van der Waals surface area contributed by atoms with Crippen LogP contribution in [0.2, 0.25) is 5.02 Å². The molecule has 0 aliphatic rings. The Kier molecular flexibility index (Phi) is 5.93. The first-order chi connectivity index (χ1) is 11.9. The van der Waals surface area contributed by atoms with E-state index in [2.05, 4.69) is 23.8 Å². The van der Waals surface area contributed by atoms with E-state index in [1.165, 1.54) is 0 Å². The second kappa shape index (κ2) is 7.94. The average Bonchev–Trinajstić information content (AvgIpc) is 2.58. The van der Waals surface area contributed by atoms with Crippen molar-refractivity contribution in [3.05, 3.63) is 82.8 Å². The summed E-state index contributed by atoms with van der Waals surface area (Å²) in [7, 11) is 1.75. The van der Waals surface area contributed by atoms with Gasteiger partial charge in [0.15, 0.2) is 11.6 Å². The molecule has 0 bridgehead atoms. The Hall–Kier alpha value is -2.66. The molecule has 2 aromatic rings. The summed E-state index contributed by atoms with van der Waals surface area (Å²) in [4.78, 5) is 0. The highest BCUT2D eigenvalue weighted by atomic mass is 35.5. The molecule has 0 saturated heterocycles. The Morgan fingerprint density at radius 3 is 2.44 bits per heavy atom. The maximum absolute atomic E-state index is 13.9. The van der Waals surface area contributed by atoms with Crippen LogP contribution in [-0.2, 0) is 0 Å². The smallest absolute Gasteiger partial charge is 0.171 e. The second-order valence-electron chi connectivity index (χ2n) is 5.11. The minimum absolute atomic E-state index is 0.147. The van der Waals surface area contributed by atoms with Crippen LogP contribution < -0.4 is 10.6 Å². The number of rotatable bonds is 6. The van der Waals surface area contributed by atoms with E-state index in [1.807, 2.05) is 0 Å². The van der Waals surface area contributed by atoms with Crippen LogP contribution in [-0.4, -0.2) is 7.05 Å². The van der Waals surface area contributed by atoms with E-state index in [1.54, 1.807) is 37.5 Å². The highest BCUT2D eigenvalue weighted by Crippen LogP contribution is 2.31. The molecule has 0 aromatic heterocycles. The molecule has 2 aromatic carbocycles. The Bertz CT molecular complexity index is 860. The van der Waals surface area contributed by atoms with Gasteiger partial charge in [-0.3, -0.25) is 0 Å². The van der Waals surface area contributed by atoms with E-state index in [4.69, 9.17) is 11.6 Å². The molecule has 0 spiro atoms. The molecule has 0 fully saturated rings. The number of halogens is 4. The van der Waals surface area contributed by atoms with Gasteiger partial charge in [0, 0.05) is 12.7 Å². The first-order valence-electron chi connectivity index (χ1n) is 7.28. The lowest BCUT2D eigenvalue weighted by Gasteiger charge is -2.15. The van der Waals surface area contributed by atoms with E-state index < -0.39 is 23.0 Å². The Morgan fingerprint density at radius 2 is 1.80 bits per heavy atom. The zero-order valence-corrected chi connectivity index (χ0v) is 14.2. The van der Waals surface area contributed by atoms with Crippen molar-refractivity contribution in [3.63, 3.8) is 0 Å². The summed E-state index contributed by atoms with van der Waals surface area (Å²) < 4.78 is 41.2. The van der Waals surface area contributed by atoms with Gasteiger partial charge < -0.3 is 10.6 Å². The quantitative estimate of drug-likeness (QED) is 0.645. The van der Waals surface area contributed by atoms with Crippen LogP contribution in [0.25, 0.3) is 17.8 Å². The first-order valence-corrected chi connectivity index (χ1v) is 7.66. The van der Waals surface area contributed by atoms with Crippen molar-refractivity contribution in [2.45, 2.75) is 0 Å². The van der Waals surface area contributed by atoms with Crippen molar-refractivity contribution in [2.75, 3.05) is 12.4 Å². The summed E-state index contributed by atoms with van der Waals surface area (Å²) >= 11 is 6.20. The first kappa shape index (κ1) is 18.7. The monoisotopic (exact) mass is 364 g/mol. The van der Waals surface area contributed by atoms with Gasteiger partial charge >= 0.3 is 0 Å². The van der Waals surface area contributed by atoms with Gasteiger partial charge in [0.1, 0.15) is 5.82 Å². The SMILES string of the molecule is C=Cc1cc(Cl)c(NC(=C)c2c(F)ccc(F)c2F)cc1/C=C\NC. The third kappa shape index (κ3) is 4.06. The molecule has 0 amide bonds. The minimum Gasteiger partial charge on any atom is -0.394 e. The number of hydrogen-bond donors (Lipinski definition) is 2. The van der Waals surface area contributed by atoms with Gasteiger partial charge in [-0.2, -0.15) is 0 Å². The van der Waals surface area contributed by atoms with E-state index >= 15 is 0 Å². The van der Waals surface area contributed by atoms with Crippen LogP contribution in [0.1, 0.15) is 16.7 Å². The fraction of sp³-hybridized carbons (Fsp3) is 0.0526. The summed E-state index contributed by atoms with van der Waals surface area (Å²) in [5, 5.41) is 5.91. The summed E-state index contributed by atoms with van der Waals surface area (Å²) in [6.45, 7) is 7.31. The molecule has 0 radical (unpaired) electrons. The molecular weight excluding hydrogens is 349 g/mol. The van der Waals surface area contributed by atoms with Gasteiger partial charge in [0.2, 0.25) is 0 Å². The Labute approximate surface area is 149 Å². The minimum atomic E-state index is -1.31. The van der Waals surface area contributed by atoms with Crippen LogP contribution >= 0.6 is 11.6 Å². The molecule has 2 nitrogen and oxygen atoms in total. The standard InChI is InChI=1S/C19H16ClF3N2/c1-4-12-9-14(20)17(10-13(12)7-8-24-3)25-11(2)18-15(21)5-6-16(22)19(18)23/h4-10,24-25H,1-2H2,3H3/b8-7-. The van der Waals surface area contributed by atoms with Crippen molar-refractivity contribution < 1.29 is 13.2 Å². The Balaban J connectivity index is 2.43. The molecule has 2 rings (SSSR count). The predicted octanol–water partition coefficient (Wildman–Crippen LogP) is 5.67. The maximum atomic E-state index is 13.9. The number of nitrogens with one attached hydrogen (secondary N) is 2. The molecule has 130 valence electrons. The lowest BCUT2D eigenvalue weighted by atomic mass is 10.1. The summed E-state index contributed by atoms with van der Waals surface area (Å²) in [6, 6.07) is 4.88. The van der Waals surface area contributed by atoms with Gasteiger partial charge in [0.05, 0.1) is 16.3 Å². The average molecular weight is 365 g/mol. The molecule has 0 aliphatic carbocycles. The van der Waals surface area contributed by atoms with Gasteiger partial charge in [-0.25, -0.2) is 13.2 Å². The van der Waals surface area contributed by atoms with Crippen LogP contribution in [0.4, 0.5) is 18.9 Å². The Morgan fingerprint density at radius 1 is 1.12 bits per heavy atom. The van der Waals surface area contributed by atoms with Crippen LogP contribution in [0, 0.1) is 17.5 Å². The molecule has 25 heavy (non-hydrogen) atoms. The van der Waals surface area contributed by atoms with Crippen molar-refractivity contribution in [2.24, 2.45) is 0 Å². The topological polar surface area (TPSA) is 24.1 Å². The molecule has 0 heterocycles. The van der Waals surface area contributed by atoms with Crippen molar-refractivity contribution >= 4 is 35.1 Å². The summed E-state index contributed by atoms with van der Waals surface area (Å²) in [6.07, 6.45) is 5.12. The van der Waals surface area contributed by atoms with E-state index in [9.17, 15) is 13.2 Å². The number of hydrogen-bond acceptors (Lipinski definition) is 2. The molecule has 0 aliphatic heterocycles. The van der Waals surface area contributed by atoms with Gasteiger partial charge in [-0.05, 0) is 47.7 Å². The molecule has 0 atom stereocenters. The van der Waals surface area contributed by atoms with Crippen LogP contribution in [0.15, 0.2) is 43.6 Å². The van der Waals surface area contributed by atoms with Gasteiger partial charge in [-0.1, -0.05) is 30.8 Å². The van der Waals surface area contributed by atoms with Crippen molar-refractivity contribution in [1.82, 2.24) is 5.32 Å². The van der Waals surface area contributed by atoms with Crippen LogP contribution in [0.3, 0.4) is 0 Å². The highest BCUT2D eigenvalue weighted by molar-refractivity contribution is 6.33. The van der Waals surface area contributed by atoms with Gasteiger partial charge in [0.25, 0.3) is 0 Å². The lowest BCUT2D eigenvalue weighted by molar-refractivity contribution is 0.491. The molecule has 0 unspecified atom stereocenters. The van der Waals surface area contributed by atoms with E-state index in [-0.39, 0.29) is 5.70 Å². The summed E-state index contributed by atoms with van der Waals surface area (Å²) in [5.74, 6) is -3.40. The largest absolute Gasteiger partial charge is 0.394 e. The van der Waals surface area contributed by atoms with Gasteiger partial charge in [-0.15, -0.1) is 0 Å². The molecule has 2 N–H and O–H groups in total. The van der Waals surface area contributed by atoms with Crippen molar-refractivity contribution in [1.29, 1.82) is 0 Å². The normalized spacial score (nSPS) is 10.8. The fourth-order valence-corrected chi connectivity index (χ4v) is 2.44. The predicted molar refractivity (Wildman–Crippen MR) is 98.6 cm³/mol. The third-order valence-electron chi connectivity index (χ3n) is 3.45. The van der Waals surface area contributed by atoms with E-state index in [0.29, 0.717) is 16.8 Å². The highest BCUT2D eigenvalue weighted by Gasteiger charge is 2.17. The third-order valence-corrected chi connectivity index (χ3v) is 3.77. The number of anilines is 1. The summed E-state index contributed by atoms with van der Waals surface area (Å²) in [5.41, 5.74) is 1.19. The fourth-order valence-electron chi connectivity index (χ4n) is 2.22. The van der Waals surface area contributed by atoms with Crippen molar-refractivity contribution in [3.8, 4) is 0 Å². The number of benzene rings is 2.